The molecule has 1 saturated heterocycles. The van der Waals surface area contributed by atoms with Crippen molar-refractivity contribution >= 4 is 35.9 Å². The van der Waals surface area contributed by atoms with Crippen LogP contribution < -0.4 is 5.32 Å². The van der Waals surface area contributed by atoms with Gasteiger partial charge in [0.1, 0.15) is 0 Å². The maximum absolute atomic E-state index is 12.3. The summed E-state index contributed by atoms with van der Waals surface area (Å²) < 4.78 is 0. The van der Waals surface area contributed by atoms with E-state index in [0.717, 1.165) is 38.0 Å². The van der Waals surface area contributed by atoms with Crippen LogP contribution in [0.1, 0.15) is 38.3 Å². The van der Waals surface area contributed by atoms with Crippen molar-refractivity contribution in [2.24, 2.45) is 0 Å². The lowest BCUT2D eigenvalue weighted by molar-refractivity contribution is -0.139. The molecule has 1 fully saturated rings. The first-order chi connectivity index (χ1) is 12.4. The van der Waals surface area contributed by atoms with Crippen molar-refractivity contribution in [3.05, 3.63) is 34.9 Å². The van der Waals surface area contributed by atoms with Gasteiger partial charge in [-0.05, 0) is 37.9 Å². The van der Waals surface area contributed by atoms with Gasteiger partial charge < -0.3 is 10.4 Å². The molecule has 0 aromatic heterocycles. The SMILES string of the molecule is CCN(CC(=O)O)C1CCN(CC(=O)NC(C)c2ccccc2Cl)CC1.Cl. The fourth-order valence-corrected chi connectivity index (χ4v) is 3.81. The van der Waals surface area contributed by atoms with E-state index in [1.54, 1.807) is 0 Å². The maximum Gasteiger partial charge on any atom is 0.317 e. The van der Waals surface area contributed by atoms with E-state index in [9.17, 15) is 9.59 Å². The molecule has 0 bridgehead atoms. The van der Waals surface area contributed by atoms with E-state index < -0.39 is 5.97 Å². The number of aliphatic carboxylic acids is 1. The Morgan fingerprint density at radius 3 is 2.52 bits per heavy atom. The zero-order valence-corrected chi connectivity index (χ0v) is 17.4. The summed E-state index contributed by atoms with van der Waals surface area (Å²) >= 11 is 6.18. The first kappa shape index (κ1) is 23.7. The lowest BCUT2D eigenvalue weighted by Gasteiger charge is -2.37. The van der Waals surface area contributed by atoms with Crippen molar-refractivity contribution in [3.8, 4) is 0 Å². The molecule has 0 radical (unpaired) electrons. The second-order valence-electron chi connectivity index (χ2n) is 6.77. The number of rotatable bonds is 8. The summed E-state index contributed by atoms with van der Waals surface area (Å²) in [6, 6.07) is 7.65. The molecule has 0 saturated carbocycles. The van der Waals surface area contributed by atoms with Gasteiger partial charge in [0.05, 0.1) is 19.1 Å². The van der Waals surface area contributed by atoms with Crippen molar-refractivity contribution in [2.45, 2.75) is 38.8 Å². The molecule has 1 atom stereocenters. The largest absolute Gasteiger partial charge is 0.480 e. The van der Waals surface area contributed by atoms with Crippen LogP contribution in [0.15, 0.2) is 24.3 Å². The molecule has 6 nitrogen and oxygen atoms in total. The molecule has 1 aliphatic heterocycles. The van der Waals surface area contributed by atoms with E-state index in [-0.39, 0.29) is 36.9 Å². The van der Waals surface area contributed by atoms with E-state index in [1.807, 2.05) is 43.0 Å². The summed E-state index contributed by atoms with van der Waals surface area (Å²) in [5, 5.41) is 12.7. The average Bonchev–Trinajstić information content (AvgIpc) is 2.60. The van der Waals surface area contributed by atoms with Crippen molar-refractivity contribution in [1.82, 2.24) is 15.1 Å². The smallest absolute Gasteiger partial charge is 0.317 e. The molecule has 1 heterocycles. The Morgan fingerprint density at radius 1 is 1.33 bits per heavy atom. The zero-order valence-electron chi connectivity index (χ0n) is 15.9. The molecule has 8 heteroatoms. The number of carboxylic acids is 1. The average molecular weight is 418 g/mol. The number of nitrogens with one attached hydrogen (secondary N) is 1. The highest BCUT2D eigenvalue weighted by Crippen LogP contribution is 2.22. The summed E-state index contributed by atoms with van der Waals surface area (Å²) in [5.41, 5.74) is 0.911. The van der Waals surface area contributed by atoms with Gasteiger partial charge in [0.25, 0.3) is 0 Å². The summed E-state index contributed by atoms with van der Waals surface area (Å²) in [6.07, 6.45) is 1.77. The Bertz CT molecular complexity index is 622. The normalized spacial score (nSPS) is 16.6. The van der Waals surface area contributed by atoms with E-state index in [1.165, 1.54) is 0 Å². The van der Waals surface area contributed by atoms with Crippen molar-refractivity contribution < 1.29 is 14.7 Å². The third-order valence-corrected chi connectivity index (χ3v) is 5.28. The Hall–Kier alpha value is -1.34. The van der Waals surface area contributed by atoms with E-state index in [2.05, 4.69) is 10.2 Å². The highest BCUT2D eigenvalue weighted by Gasteiger charge is 2.26. The number of carboxylic acid groups (broad SMARTS) is 1. The highest BCUT2D eigenvalue weighted by atomic mass is 35.5. The molecule has 1 aromatic carbocycles. The number of piperidine rings is 1. The van der Waals surface area contributed by atoms with Crippen LogP contribution in [-0.2, 0) is 9.59 Å². The molecule has 1 aliphatic rings. The van der Waals surface area contributed by atoms with Gasteiger partial charge >= 0.3 is 5.97 Å². The molecule has 2 N–H and O–H groups in total. The summed E-state index contributed by atoms with van der Waals surface area (Å²) in [6.45, 7) is 6.68. The van der Waals surface area contributed by atoms with Crippen LogP contribution in [0.4, 0.5) is 0 Å². The van der Waals surface area contributed by atoms with Gasteiger partial charge in [-0.15, -0.1) is 12.4 Å². The number of nitrogens with zero attached hydrogens (tertiary/aromatic N) is 2. The first-order valence-corrected chi connectivity index (χ1v) is 9.50. The molecule has 1 amide bonds. The minimum absolute atomic E-state index is 0. The molecule has 1 aromatic rings. The number of hydrogen-bond donors (Lipinski definition) is 2. The monoisotopic (exact) mass is 417 g/mol. The zero-order chi connectivity index (χ0) is 19.1. The Kier molecular flexibility index (Phi) is 10.1. The fourth-order valence-electron chi connectivity index (χ4n) is 3.51. The molecular formula is C19H29Cl2N3O3. The van der Waals surface area contributed by atoms with Gasteiger partial charge in [0, 0.05) is 24.2 Å². The van der Waals surface area contributed by atoms with E-state index in [4.69, 9.17) is 16.7 Å². The molecule has 0 spiro atoms. The Morgan fingerprint density at radius 2 is 1.96 bits per heavy atom. The molecular weight excluding hydrogens is 389 g/mol. The number of benzene rings is 1. The number of hydrogen-bond acceptors (Lipinski definition) is 4. The lowest BCUT2D eigenvalue weighted by atomic mass is 10.0. The van der Waals surface area contributed by atoms with Gasteiger partial charge in [-0.3, -0.25) is 19.4 Å². The second kappa shape index (κ2) is 11.5. The summed E-state index contributed by atoms with van der Waals surface area (Å²) in [5.74, 6) is -0.809. The van der Waals surface area contributed by atoms with Crippen LogP contribution in [0.2, 0.25) is 5.02 Å². The predicted octanol–water partition coefficient (Wildman–Crippen LogP) is 2.81. The van der Waals surface area contributed by atoms with Gasteiger partial charge in [0.2, 0.25) is 5.91 Å². The number of carbonyl (C=O) groups is 2. The van der Waals surface area contributed by atoms with E-state index in [0.29, 0.717) is 11.6 Å². The first-order valence-electron chi connectivity index (χ1n) is 9.12. The van der Waals surface area contributed by atoms with E-state index >= 15 is 0 Å². The number of halogens is 2. The van der Waals surface area contributed by atoms with Crippen LogP contribution in [0.5, 0.6) is 0 Å². The number of carbonyl (C=O) groups excluding carboxylic acids is 1. The van der Waals surface area contributed by atoms with Crippen LogP contribution in [-0.4, -0.2) is 65.5 Å². The molecule has 152 valence electrons. The standard InChI is InChI=1S/C19H28ClN3O3.ClH/c1-3-23(13-19(25)26)15-8-10-22(11-9-15)12-18(24)21-14(2)16-6-4-5-7-17(16)20;/h4-7,14-15H,3,8-13H2,1-2H3,(H,21,24)(H,25,26);1H. The topological polar surface area (TPSA) is 72.9 Å². The second-order valence-corrected chi connectivity index (χ2v) is 7.18. The third kappa shape index (κ3) is 7.30. The lowest BCUT2D eigenvalue weighted by Crippen LogP contribution is -2.48. The van der Waals surface area contributed by atoms with Gasteiger partial charge in [-0.25, -0.2) is 0 Å². The minimum Gasteiger partial charge on any atom is -0.480 e. The van der Waals surface area contributed by atoms with Crippen LogP contribution >= 0.6 is 24.0 Å². The Labute approximate surface area is 172 Å². The van der Waals surface area contributed by atoms with Crippen LogP contribution in [0.25, 0.3) is 0 Å². The van der Waals surface area contributed by atoms with Gasteiger partial charge in [0.15, 0.2) is 0 Å². The summed E-state index contributed by atoms with van der Waals surface area (Å²) in [4.78, 5) is 27.4. The minimum atomic E-state index is -0.790. The van der Waals surface area contributed by atoms with Gasteiger partial charge in [-0.2, -0.15) is 0 Å². The Balaban J connectivity index is 0.00000364. The van der Waals surface area contributed by atoms with Gasteiger partial charge in [-0.1, -0.05) is 36.7 Å². The molecule has 2 rings (SSSR count). The van der Waals surface area contributed by atoms with Crippen molar-refractivity contribution in [1.29, 1.82) is 0 Å². The maximum atomic E-state index is 12.3. The molecule has 1 unspecified atom stereocenters. The fraction of sp³-hybridized carbons (Fsp3) is 0.579. The number of likely N-dealkylation sites (tertiary alicyclic amines) is 1. The predicted molar refractivity (Wildman–Crippen MR) is 110 cm³/mol. The highest BCUT2D eigenvalue weighted by molar-refractivity contribution is 6.31. The third-order valence-electron chi connectivity index (χ3n) is 4.93. The summed E-state index contributed by atoms with van der Waals surface area (Å²) in [7, 11) is 0. The molecule has 27 heavy (non-hydrogen) atoms. The quantitative estimate of drug-likeness (QED) is 0.679. The van der Waals surface area contributed by atoms with Crippen LogP contribution in [0.3, 0.4) is 0 Å². The van der Waals surface area contributed by atoms with Crippen molar-refractivity contribution in [3.63, 3.8) is 0 Å². The number of likely N-dealkylation sites (N-methyl/N-ethyl adjacent to an activating group) is 1. The number of amides is 1. The van der Waals surface area contributed by atoms with Crippen LogP contribution in [0, 0.1) is 0 Å². The molecule has 0 aliphatic carbocycles. The van der Waals surface area contributed by atoms with Crippen molar-refractivity contribution in [2.75, 3.05) is 32.7 Å².